The first-order valence-corrected chi connectivity index (χ1v) is 6.66. The van der Waals surface area contributed by atoms with Gasteiger partial charge in [-0.1, -0.05) is 6.07 Å². The number of carboxylic acids is 1. The number of carboxylic acid groups (broad SMARTS) is 1. The van der Waals surface area contributed by atoms with E-state index in [2.05, 4.69) is 27.1 Å². The summed E-state index contributed by atoms with van der Waals surface area (Å²) >= 11 is 3.42. The zero-order chi connectivity index (χ0) is 12.9. The predicted octanol–water partition coefficient (Wildman–Crippen LogP) is 2.84. The van der Waals surface area contributed by atoms with Gasteiger partial charge in [0, 0.05) is 17.8 Å². The van der Waals surface area contributed by atoms with Gasteiger partial charge in [0.25, 0.3) is 0 Å². The molecule has 18 heavy (non-hydrogen) atoms. The van der Waals surface area contributed by atoms with Gasteiger partial charge in [0.1, 0.15) is 4.60 Å². The number of carbonyl (C=O) groups is 1. The molecular formula is C13H13BrN2O2. The summed E-state index contributed by atoms with van der Waals surface area (Å²) in [6, 6.07) is 6.12. The minimum atomic E-state index is -0.723. The van der Waals surface area contributed by atoms with Crippen LogP contribution < -0.4 is 0 Å². The van der Waals surface area contributed by atoms with E-state index in [0.717, 1.165) is 33.9 Å². The van der Waals surface area contributed by atoms with Crippen LogP contribution in [0.4, 0.5) is 0 Å². The lowest BCUT2D eigenvalue weighted by atomic mass is 9.92. The number of fused-ring (bicyclic) bond motifs is 1. The standard InChI is InChI=1S/C13H13BrN2O2/c1-16-10-6-8(2-3-9(10)12(14)15-16)13(4-5-13)7-11(17)18/h2-3,6H,4-5,7H2,1H3,(H,17,18). The van der Waals surface area contributed by atoms with Gasteiger partial charge in [-0.25, -0.2) is 0 Å². The molecule has 0 radical (unpaired) electrons. The van der Waals surface area contributed by atoms with Crippen molar-refractivity contribution >= 4 is 32.8 Å². The van der Waals surface area contributed by atoms with Crippen LogP contribution in [-0.4, -0.2) is 20.9 Å². The van der Waals surface area contributed by atoms with Gasteiger partial charge in [0.05, 0.1) is 11.9 Å². The second-order valence-corrected chi connectivity index (χ2v) is 5.75. The van der Waals surface area contributed by atoms with E-state index in [0.29, 0.717) is 0 Å². The van der Waals surface area contributed by atoms with Crippen molar-refractivity contribution in [3.8, 4) is 0 Å². The highest BCUT2D eigenvalue weighted by molar-refractivity contribution is 9.10. The Balaban J connectivity index is 2.09. The van der Waals surface area contributed by atoms with Crippen molar-refractivity contribution in [3.63, 3.8) is 0 Å². The van der Waals surface area contributed by atoms with E-state index >= 15 is 0 Å². The molecule has 1 aliphatic rings. The fourth-order valence-corrected chi connectivity index (χ4v) is 3.12. The summed E-state index contributed by atoms with van der Waals surface area (Å²) in [5.41, 5.74) is 2.01. The summed E-state index contributed by atoms with van der Waals surface area (Å²) in [5, 5.41) is 14.4. The Morgan fingerprint density at radius 2 is 2.28 bits per heavy atom. The van der Waals surface area contributed by atoms with Crippen LogP contribution in [0.2, 0.25) is 0 Å². The lowest BCUT2D eigenvalue weighted by Crippen LogP contribution is -2.12. The zero-order valence-corrected chi connectivity index (χ0v) is 11.6. The van der Waals surface area contributed by atoms with Crippen LogP contribution in [0.1, 0.15) is 24.8 Å². The molecule has 1 saturated carbocycles. The van der Waals surface area contributed by atoms with Gasteiger partial charge >= 0.3 is 5.97 Å². The summed E-state index contributed by atoms with van der Waals surface area (Å²) in [4.78, 5) is 10.9. The molecular weight excluding hydrogens is 296 g/mol. The maximum atomic E-state index is 10.9. The Kier molecular flexibility index (Phi) is 2.48. The van der Waals surface area contributed by atoms with E-state index in [1.165, 1.54) is 0 Å². The van der Waals surface area contributed by atoms with Crippen LogP contribution in [0, 0.1) is 0 Å². The minimum absolute atomic E-state index is 0.142. The first-order valence-electron chi connectivity index (χ1n) is 5.86. The van der Waals surface area contributed by atoms with Crippen molar-refractivity contribution in [2.45, 2.75) is 24.7 Å². The Hall–Kier alpha value is -1.36. The number of rotatable bonds is 3. The molecule has 0 bridgehead atoms. The fraction of sp³-hybridized carbons (Fsp3) is 0.385. The highest BCUT2D eigenvalue weighted by Gasteiger charge is 2.46. The minimum Gasteiger partial charge on any atom is -0.481 e. The first kappa shape index (κ1) is 11.7. The fourth-order valence-electron chi connectivity index (χ4n) is 2.55. The molecule has 1 aliphatic carbocycles. The molecule has 5 heteroatoms. The van der Waals surface area contributed by atoms with Crippen molar-refractivity contribution in [1.29, 1.82) is 0 Å². The van der Waals surface area contributed by atoms with E-state index in [4.69, 9.17) is 5.11 Å². The van der Waals surface area contributed by atoms with E-state index in [-0.39, 0.29) is 11.8 Å². The average Bonchev–Trinajstić information content (AvgIpc) is 3.02. The predicted molar refractivity (Wildman–Crippen MR) is 71.6 cm³/mol. The molecule has 1 aromatic heterocycles. The van der Waals surface area contributed by atoms with Gasteiger partial charge in [-0.2, -0.15) is 5.10 Å². The molecule has 0 saturated heterocycles. The summed E-state index contributed by atoms with van der Waals surface area (Å²) in [5.74, 6) is -0.723. The molecule has 0 aliphatic heterocycles. The number of benzene rings is 1. The summed E-state index contributed by atoms with van der Waals surface area (Å²) in [6.45, 7) is 0. The third-order valence-electron chi connectivity index (χ3n) is 3.76. The van der Waals surface area contributed by atoms with Crippen molar-refractivity contribution in [2.24, 2.45) is 7.05 Å². The maximum Gasteiger partial charge on any atom is 0.304 e. The SMILES string of the molecule is Cn1nc(Br)c2ccc(C3(CC(=O)O)CC3)cc21. The van der Waals surface area contributed by atoms with Crippen molar-refractivity contribution in [3.05, 3.63) is 28.4 Å². The number of nitrogens with zero attached hydrogens (tertiary/aromatic N) is 2. The largest absolute Gasteiger partial charge is 0.481 e. The van der Waals surface area contributed by atoms with Crippen LogP contribution in [0.5, 0.6) is 0 Å². The van der Waals surface area contributed by atoms with E-state index in [1.54, 1.807) is 0 Å². The van der Waals surface area contributed by atoms with Crippen LogP contribution in [0.25, 0.3) is 10.9 Å². The number of aryl methyl sites for hydroxylation is 1. The molecule has 2 aromatic rings. The second-order valence-electron chi connectivity index (χ2n) is 5.00. The molecule has 0 amide bonds. The van der Waals surface area contributed by atoms with Gasteiger partial charge in [-0.15, -0.1) is 0 Å². The Bertz CT molecular complexity index is 644. The smallest absolute Gasteiger partial charge is 0.304 e. The van der Waals surface area contributed by atoms with Gasteiger partial charge in [-0.05, 0) is 46.5 Å². The van der Waals surface area contributed by atoms with Gasteiger partial charge in [0.15, 0.2) is 0 Å². The molecule has 1 heterocycles. The summed E-state index contributed by atoms with van der Waals surface area (Å²) in [6.07, 6.45) is 2.14. The molecule has 0 atom stereocenters. The van der Waals surface area contributed by atoms with Gasteiger partial charge < -0.3 is 5.11 Å². The van der Waals surface area contributed by atoms with Gasteiger partial charge in [0.2, 0.25) is 0 Å². The molecule has 1 aromatic carbocycles. The Morgan fingerprint density at radius 3 is 2.89 bits per heavy atom. The molecule has 1 N–H and O–H groups in total. The molecule has 4 nitrogen and oxygen atoms in total. The number of aliphatic carboxylic acids is 1. The monoisotopic (exact) mass is 308 g/mol. The highest BCUT2D eigenvalue weighted by atomic mass is 79.9. The average molecular weight is 309 g/mol. The maximum absolute atomic E-state index is 10.9. The van der Waals surface area contributed by atoms with Crippen molar-refractivity contribution < 1.29 is 9.90 Å². The molecule has 0 unspecified atom stereocenters. The van der Waals surface area contributed by atoms with E-state index in [9.17, 15) is 4.79 Å². The van der Waals surface area contributed by atoms with Crippen LogP contribution in [-0.2, 0) is 17.3 Å². The van der Waals surface area contributed by atoms with Crippen LogP contribution >= 0.6 is 15.9 Å². The van der Waals surface area contributed by atoms with Crippen LogP contribution in [0.15, 0.2) is 22.8 Å². The van der Waals surface area contributed by atoms with E-state index < -0.39 is 5.97 Å². The third kappa shape index (κ3) is 1.73. The highest BCUT2D eigenvalue weighted by Crippen LogP contribution is 2.51. The number of hydrogen-bond donors (Lipinski definition) is 1. The number of aromatic nitrogens is 2. The van der Waals surface area contributed by atoms with Crippen LogP contribution in [0.3, 0.4) is 0 Å². The lowest BCUT2D eigenvalue weighted by Gasteiger charge is -2.13. The Labute approximate surface area is 113 Å². The third-order valence-corrected chi connectivity index (χ3v) is 4.35. The Morgan fingerprint density at radius 1 is 1.56 bits per heavy atom. The van der Waals surface area contributed by atoms with Crippen molar-refractivity contribution in [2.75, 3.05) is 0 Å². The van der Waals surface area contributed by atoms with Crippen molar-refractivity contribution in [1.82, 2.24) is 9.78 Å². The molecule has 0 spiro atoms. The quantitative estimate of drug-likeness (QED) is 0.948. The first-order chi connectivity index (χ1) is 8.52. The molecule has 1 fully saturated rings. The topological polar surface area (TPSA) is 55.1 Å². The van der Waals surface area contributed by atoms with Gasteiger partial charge in [-0.3, -0.25) is 9.48 Å². The second kappa shape index (κ2) is 3.82. The molecule has 3 rings (SSSR count). The number of halogens is 1. The lowest BCUT2D eigenvalue weighted by molar-refractivity contribution is -0.137. The summed E-state index contributed by atoms with van der Waals surface area (Å²) in [7, 11) is 1.90. The zero-order valence-electron chi connectivity index (χ0n) is 9.98. The molecule has 94 valence electrons. The normalized spacial score (nSPS) is 17.0. The number of hydrogen-bond acceptors (Lipinski definition) is 2. The summed E-state index contributed by atoms with van der Waals surface area (Å²) < 4.78 is 2.65. The van der Waals surface area contributed by atoms with E-state index in [1.807, 2.05) is 23.9 Å².